The lowest BCUT2D eigenvalue weighted by Gasteiger charge is -2.34. The number of nitrogen functional groups attached to an aromatic ring is 1. The molecule has 40 heavy (non-hydrogen) atoms. The summed E-state index contributed by atoms with van der Waals surface area (Å²) in [5, 5.41) is 2.48. The van der Waals surface area contributed by atoms with Crippen LogP contribution in [-0.4, -0.2) is 69.9 Å². The molecular weight excluding hydrogens is 520 g/mol. The Bertz CT molecular complexity index is 1370. The summed E-state index contributed by atoms with van der Waals surface area (Å²) in [6.07, 6.45) is -1.04. The van der Waals surface area contributed by atoms with Crippen LogP contribution in [0.5, 0.6) is 0 Å². The Morgan fingerprint density at radius 3 is 2.38 bits per heavy atom. The Balaban J connectivity index is 1.47. The smallest absolute Gasteiger partial charge is 0.408 e. The lowest BCUT2D eigenvalue weighted by molar-refractivity contribution is -0.164. The number of benzene rings is 2. The van der Waals surface area contributed by atoms with Crippen molar-refractivity contribution in [3.05, 3.63) is 65.2 Å². The number of amides is 5. The topological polar surface area (TPSA) is 165 Å². The summed E-state index contributed by atoms with van der Waals surface area (Å²) < 4.78 is 10.6. The van der Waals surface area contributed by atoms with Gasteiger partial charge in [-0.25, -0.2) is 14.5 Å². The van der Waals surface area contributed by atoms with Crippen LogP contribution in [0.1, 0.15) is 59.9 Å². The van der Waals surface area contributed by atoms with E-state index in [4.69, 9.17) is 15.2 Å². The Kier molecular flexibility index (Phi) is 7.89. The van der Waals surface area contributed by atoms with Crippen LogP contribution < -0.4 is 11.1 Å². The fourth-order valence-corrected chi connectivity index (χ4v) is 4.53. The van der Waals surface area contributed by atoms with Gasteiger partial charge in [0, 0.05) is 18.5 Å². The highest BCUT2D eigenvalue weighted by Crippen LogP contribution is 2.32. The number of esters is 1. The number of carbonyl (C=O) groups excluding carboxylic acids is 6. The summed E-state index contributed by atoms with van der Waals surface area (Å²) in [5.41, 5.74) is 5.97. The van der Waals surface area contributed by atoms with Crippen LogP contribution in [0.2, 0.25) is 0 Å². The molecule has 0 saturated carbocycles. The minimum absolute atomic E-state index is 0.00662. The van der Waals surface area contributed by atoms with E-state index in [9.17, 15) is 28.8 Å². The second-order valence-electron chi connectivity index (χ2n) is 10.4. The lowest BCUT2D eigenvalue weighted by atomic mass is 10.0. The summed E-state index contributed by atoms with van der Waals surface area (Å²) in [7, 11) is 0. The van der Waals surface area contributed by atoms with Crippen molar-refractivity contribution in [3.8, 4) is 0 Å². The number of ether oxygens (including phenoxy) is 2. The third-order valence-electron chi connectivity index (χ3n) is 6.37. The molecule has 12 heteroatoms. The van der Waals surface area contributed by atoms with E-state index in [0.717, 1.165) is 10.5 Å². The maximum absolute atomic E-state index is 13.3. The van der Waals surface area contributed by atoms with Crippen LogP contribution in [-0.2, 0) is 30.3 Å². The second-order valence-corrected chi connectivity index (χ2v) is 10.4. The normalized spacial score (nSPS) is 17.9. The van der Waals surface area contributed by atoms with E-state index in [-0.39, 0.29) is 36.1 Å². The molecule has 2 heterocycles. The highest BCUT2D eigenvalue weighted by Gasteiger charge is 2.48. The fourth-order valence-electron chi connectivity index (χ4n) is 4.53. The van der Waals surface area contributed by atoms with Gasteiger partial charge in [0.05, 0.1) is 11.1 Å². The first-order valence-electron chi connectivity index (χ1n) is 12.7. The number of imide groups is 2. The first-order chi connectivity index (χ1) is 18.9. The minimum atomic E-state index is -1.27. The molecule has 0 spiro atoms. The van der Waals surface area contributed by atoms with E-state index in [2.05, 4.69) is 5.32 Å². The van der Waals surface area contributed by atoms with Gasteiger partial charge in [-0.15, -0.1) is 0 Å². The third-order valence-corrected chi connectivity index (χ3v) is 6.37. The highest BCUT2D eigenvalue weighted by molar-refractivity contribution is 6.25. The quantitative estimate of drug-likeness (QED) is 0.298. The van der Waals surface area contributed by atoms with Crippen molar-refractivity contribution in [3.63, 3.8) is 0 Å². The predicted molar refractivity (Wildman–Crippen MR) is 140 cm³/mol. The number of anilines is 1. The molecule has 2 aliphatic heterocycles. The molecule has 12 nitrogen and oxygen atoms in total. The van der Waals surface area contributed by atoms with Crippen LogP contribution in [0.25, 0.3) is 0 Å². The molecule has 210 valence electrons. The van der Waals surface area contributed by atoms with Crippen molar-refractivity contribution in [2.75, 3.05) is 12.5 Å². The number of alkyl carbamates (subject to hydrolysis) is 1. The summed E-state index contributed by atoms with van der Waals surface area (Å²) in [5.74, 6) is -3.83. The van der Waals surface area contributed by atoms with Crippen molar-refractivity contribution in [2.24, 2.45) is 0 Å². The van der Waals surface area contributed by atoms with Gasteiger partial charge in [-0.1, -0.05) is 36.4 Å². The molecule has 0 radical (unpaired) electrons. The maximum atomic E-state index is 13.3. The predicted octanol–water partition coefficient (Wildman–Crippen LogP) is 2.02. The molecule has 1 fully saturated rings. The number of nitrogens with one attached hydrogen (secondary N) is 1. The average molecular weight is 551 g/mol. The first-order valence-corrected chi connectivity index (χ1v) is 12.7. The van der Waals surface area contributed by atoms with Crippen molar-refractivity contribution in [1.82, 2.24) is 15.1 Å². The molecule has 1 unspecified atom stereocenters. The van der Waals surface area contributed by atoms with E-state index in [0.29, 0.717) is 4.90 Å². The molecule has 1 saturated heterocycles. The van der Waals surface area contributed by atoms with Crippen LogP contribution in [0, 0.1) is 0 Å². The van der Waals surface area contributed by atoms with Gasteiger partial charge in [0.25, 0.3) is 17.7 Å². The van der Waals surface area contributed by atoms with Crippen molar-refractivity contribution in [2.45, 2.75) is 57.7 Å². The fraction of sp³-hybridized carbons (Fsp3) is 0.357. The SMILES string of the molecule is CC(C)(C)OC(=O)N[C@@H](Cc1ccccc1)C(=O)OCN1C(=O)CCC(N2C(=O)c3cccc(N)c3C2=O)C1=O. The molecule has 2 aromatic carbocycles. The van der Waals surface area contributed by atoms with E-state index >= 15 is 0 Å². The van der Waals surface area contributed by atoms with Gasteiger partial charge in [0.1, 0.15) is 17.7 Å². The summed E-state index contributed by atoms with van der Waals surface area (Å²) >= 11 is 0. The highest BCUT2D eigenvalue weighted by atomic mass is 16.6. The van der Waals surface area contributed by atoms with Gasteiger partial charge in [0.2, 0.25) is 5.91 Å². The molecular formula is C28H30N4O8. The van der Waals surface area contributed by atoms with Crippen LogP contribution in [0.4, 0.5) is 10.5 Å². The van der Waals surface area contributed by atoms with E-state index in [1.54, 1.807) is 51.1 Å². The Hall–Kier alpha value is -4.74. The average Bonchev–Trinajstić information content (AvgIpc) is 3.13. The standard InChI is InChI=1S/C28H30N4O8/c1-28(2,3)40-27(38)30-19(14-16-8-5-4-6-9-16)26(37)39-15-31-21(33)13-12-20(24(31)35)32-23(34)17-10-7-11-18(29)22(17)25(32)36/h4-11,19-20H,12-15,29H2,1-3H3,(H,30,38)/t19-,20?/m0/s1. The van der Waals surface area contributed by atoms with Crippen LogP contribution in [0.15, 0.2) is 48.5 Å². The van der Waals surface area contributed by atoms with Gasteiger partial charge in [-0.05, 0) is 44.9 Å². The molecule has 0 bridgehead atoms. The van der Waals surface area contributed by atoms with Gasteiger partial charge in [-0.3, -0.25) is 24.1 Å². The number of hydrogen-bond acceptors (Lipinski definition) is 9. The molecule has 0 aromatic heterocycles. The number of carbonyl (C=O) groups is 6. The number of nitrogens with zero attached hydrogens (tertiary/aromatic N) is 2. The number of nitrogens with two attached hydrogens (primary N) is 1. The number of rotatable bonds is 7. The van der Waals surface area contributed by atoms with Gasteiger partial charge in [0.15, 0.2) is 6.73 Å². The van der Waals surface area contributed by atoms with Gasteiger partial charge < -0.3 is 20.5 Å². The largest absolute Gasteiger partial charge is 0.444 e. The molecule has 4 rings (SSSR count). The first kappa shape index (κ1) is 28.3. The van der Waals surface area contributed by atoms with E-state index < -0.39 is 60.1 Å². The Morgan fingerprint density at radius 2 is 1.73 bits per heavy atom. The zero-order valence-electron chi connectivity index (χ0n) is 22.3. The number of fused-ring (bicyclic) bond motifs is 1. The van der Waals surface area contributed by atoms with Gasteiger partial charge >= 0.3 is 12.1 Å². The second kappa shape index (κ2) is 11.2. The van der Waals surface area contributed by atoms with Crippen LogP contribution in [0.3, 0.4) is 0 Å². The van der Waals surface area contributed by atoms with Gasteiger partial charge in [-0.2, -0.15) is 0 Å². The number of piperidine rings is 1. The molecule has 2 atom stereocenters. The number of likely N-dealkylation sites (tertiary alicyclic amines) is 1. The monoisotopic (exact) mass is 550 g/mol. The minimum Gasteiger partial charge on any atom is -0.444 e. The van der Waals surface area contributed by atoms with Crippen molar-refractivity contribution >= 4 is 41.4 Å². The zero-order valence-corrected chi connectivity index (χ0v) is 22.3. The van der Waals surface area contributed by atoms with E-state index in [1.165, 1.54) is 18.2 Å². The third kappa shape index (κ3) is 5.95. The van der Waals surface area contributed by atoms with E-state index in [1.807, 2.05) is 0 Å². The molecule has 0 aliphatic carbocycles. The summed E-state index contributed by atoms with van der Waals surface area (Å²) in [4.78, 5) is 78.9. The zero-order chi connectivity index (χ0) is 29.2. The maximum Gasteiger partial charge on any atom is 0.408 e. The summed E-state index contributed by atoms with van der Waals surface area (Å²) in [6.45, 7) is 4.25. The Labute approximate surface area is 230 Å². The van der Waals surface area contributed by atoms with Crippen molar-refractivity contribution < 1.29 is 38.2 Å². The molecule has 2 aromatic rings. The molecule has 5 amide bonds. The molecule has 2 aliphatic rings. The lowest BCUT2D eigenvalue weighted by Crippen LogP contribution is -2.57. The Morgan fingerprint density at radius 1 is 1.02 bits per heavy atom. The summed E-state index contributed by atoms with van der Waals surface area (Å²) in [6, 6.07) is 10.8. The van der Waals surface area contributed by atoms with Crippen molar-refractivity contribution in [1.29, 1.82) is 0 Å². The van der Waals surface area contributed by atoms with Crippen LogP contribution >= 0.6 is 0 Å². The molecule has 3 N–H and O–H groups in total. The number of hydrogen-bond donors (Lipinski definition) is 2.